The van der Waals surface area contributed by atoms with Gasteiger partial charge in [-0.05, 0) is 65.8 Å². The number of carbonyl (C=O) groups is 1. The van der Waals surface area contributed by atoms with Crippen molar-refractivity contribution >= 4 is 31.7 Å². The Morgan fingerprint density at radius 1 is 0.854 bits per heavy atom. The third-order valence-electron chi connectivity index (χ3n) is 7.23. The quantitative estimate of drug-likeness (QED) is 0.179. The van der Waals surface area contributed by atoms with Gasteiger partial charge in [-0.3, -0.25) is 9.59 Å². The second kappa shape index (κ2) is 11.8. The average Bonchev–Trinajstić information content (AvgIpc) is 2.97. The van der Waals surface area contributed by atoms with E-state index in [1.54, 1.807) is 36.4 Å². The smallest absolute Gasteiger partial charge is 0.251 e. The summed E-state index contributed by atoms with van der Waals surface area (Å²) in [5.41, 5.74) is 1.62. The van der Waals surface area contributed by atoms with Crippen LogP contribution in [0, 0.1) is 17.5 Å². The first-order valence-corrected chi connectivity index (χ1v) is 15.0. The second-order valence-electron chi connectivity index (χ2n) is 9.82. The van der Waals surface area contributed by atoms with Gasteiger partial charge in [0.25, 0.3) is 5.56 Å². The number of Topliss-reactive ketones (excluding diaryl/α,β-unsaturated/α-hetero) is 1. The van der Waals surface area contributed by atoms with Crippen LogP contribution in [0.2, 0.25) is 0 Å². The molecule has 11 heteroatoms. The molecule has 2 heterocycles. The predicted molar refractivity (Wildman–Crippen MR) is 152 cm³/mol. The molecule has 1 aliphatic heterocycles. The second-order valence-corrected chi connectivity index (χ2v) is 12.7. The Labute approximate surface area is 243 Å². The molecule has 1 fully saturated rings. The van der Waals surface area contributed by atoms with Crippen LogP contribution in [0.5, 0.6) is 0 Å². The van der Waals surface area contributed by atoms with Gasteiger partial charge < -0.3 is 4.57 Å². The van der Waals surface area contributed by atoms with Crippen molar-refractivity contribution in [3.63, 3.8) is 0 Å². The van der Waals surface area contributed by atoms with Crippen molar-refractivity contribution in [3.05, 3.63) is 122 Å². The summed E-state index contributed by atoms with van der Waals surface area (Å²) in [7, 11) is -3.91. The van der Waals surface area contributed by atoms with Gasteiger partial charge in [-0.1, -0.05) is 52.3 Å². The zero-order valence-electron chi connectivity index (χ0n) is 21.6. The van der Waals surface area contributed by atoms with E-state index in [4.69, 9.17) is 0 Å². The molecular formula is C30H24BrF3N2O4S. The number of rotatable bonds is 7. The minimum absolute atomic E-state index is 0.0645. The van der Waals surface area contributed by atoms with Gasteiger partial charge >= 0.3 is 0 Å². The lowest BCUT2D eigenvalue weighted by atomic mass is 9.89. The molecular weight excluding hydrogens is 621 g/mol. The summed E-state index contributed by atoms with van der Waals surface area (Å²) in [6, 6.07) is 18.0. The van der Waals surface area contributed by atoms with Crippen LogP contribution in [0.3, 0.4) is 0 Å². The van der Waals surface area contributed by atoms with E-state index < -0.39 is 33.0 Å². The maximum Gasteiger partial charge on any atom is 0.251 e. The van der Waals surface area contributed by atoms with Crippen molar-refractivity contribution in [2.45, 2.75) is 30.2 Å². The highest BCUT2D eigenvalue weighted by molar-refractivity contribution is 9.10. The number of ketones is 1. The first-order valence-electron chi connectivity index (χ1n) is 12.8. The summed E-state index contributed by atoms with van der Waals surface area (Å²) >= 11 is 3.31. The van der Waals surface area contributed by atoms with Crippen molar-refractivity contribution in [1.29, 1.82) is 0 Å². The molecule has 0 saturated carbocycles. The number of benzene rings is 3. The highest BCUT2D eigenvalue weighted by Gasteiger charge is 2.30. The minimum atomic E-state index is -3.91. The van der Waals surface area contributed by atoms with Crippen LogP contribution < -0.4 is 5.56 Å². The number of carbonyl (C=O) groups excluding carboxylic acids is 1. The van der Waals surface area contributed by atoms with Gasteiger partial charge in [-0.2, -0.15) is 4.31 Å². The molecule has 0 spiro atoms. The molecule has 4 aromatic rings. The normalized spacial score (nSPS) is 14.7. The van der Waals surface area contributed by atoms with Crippen molar-refractivity contribution in [2.24, 2.45) is 0 Å². The minimum Gasteiger partial charge on any atom is -0.306 e. The molecule has 0 atom stereocenters. The summed E-state index contributed by atoms with van der Waals surface area (Å²) < 4.78 is 70.6. The first-order chi connectivity index (χ1) is 19.5. The van der Waals surface area contributed by atoms with Crippen LogP contribution in [0.25, 0.3) is 11.1 Å². The van der Waals surface area contributed by atoms with E-state index in [0.29, 0.717) is 24.0 Å². The summed E-state index contributed by atoms with van der Waals surface area (Å²) in [4.78, 5) is 25.0. The highest BCUT2D eigenvalue weighted by atomic mass is 79.9. The molecule has 0 amide bonds. The van der Waals surface area contributed by atoms with E-state index in [1.165, 1.54) is 16.6 Å². The molecule has 3 aromatic carbocycles. The number of sulfonamides is 1. The number of piperidine rings is 1. The molecule has 0 N–H and O–H groups in total. The lowest BCUT2D eigenvalue weighted by molar-refractivity contribution is 0.0970. The number of hydrogen-bond donors (Lipinski definition) is 0. The average molecular weight is 645 g/mol. The summed E-state index contributed by atoms with van der Waals surface area (Å²) in [6.45, 7) is 0.208. The Kier molecular flexibility index (Phi) is 8.30. The van der Waals surface area contributed by atoms with E-state index in [9.17, 15) is 31.2 Å². The molecule has 1 saturated heterocycles. The van der Waals surface area contributed by atoms with Gasteiger partial charge in [0.1, 0.15) is 0 Å². The van der Waals surface area contributed by atoms with Crippen LogP contribution in [0.4, 0.5) is 13.2 Å². The van der Waals surface area contributed by atoms with Crippen LogP contribution in [-0.2, 0) is 16.6 Å². The number of hydrogen-bond acceptors (Lipinski definition) is 4. The maximum atomic E-state index is 13.6. The molecule has 0 bridgehead atoms. The molecule has 41 heavy (non-hydrogen) atoms. The van der Waals surface area contributed by atoms with Gasteiger partial charge in [0, 0.05) is 35.4 Å². The Morgan fingerprint density at radius 2 is 1.46 bits per heavy atom. The molecule has 5 rings (SSSR count). The van der Waals surface area contributed by atoms with E-state index in [0.717, 1.165) is 32.8 Å². The fraction of sp³-hybridized carbons (Fsp3) is 0.200. The Bertz CT molecular complexity index is 1740. The lowest BCUT2D eigenvalue weighted by Crippen LogP contribution is -2.38. The Balaban J connectivity index is 1.26. The van der Waals surface area contributed by atoms with E-state index >= 15 is 0 Å². The number of halogens is 4. The van der Waals surface area contributed by atoms with Crippen molar-refractivity contribution in [1.82, 2.24) is 8.87 Å². The van der Waals surface area contributed by atoms with Crippen LogP contribution in [0.15, 0.2) is 93.2 Å². The molecule has 212 valence electrons. The van der Waals surface area contributed by atoms with Crippen molar-refractivity contribution in [2.75, 3.05) is 13.1 Å². The molecule has 6 nitrogen and oxygen atoms in total. The zero-order valence-corrected chi connectivity index (χ0v) is 24.0. The largest absolute Gasteiger partial charge is 0.306 e. The van der Waals surface area contributed by atoms with Crippen LogP contribution in [-0.4, -0.2) is 36.2 Å². The molecule has 0 aliphatic carbocycles. The van der Waals surface area contributed by atoms with Gasteiger partial charge in [-0.15, -0.1) is 0 Å². The topological polar surface area (TPSA) is 76.5 Å². The molecule has 1 aromatic heterocycles. The van der Waals surface area contributed by atoms with Gasteiger partial charge in [-0.25, -0.2) is 21.6 Å². The fourth-order valence-electron chi connectivity index (χ4n) is 4.92. The van der Waals surface area contributed by atoms with Crippen molar-refractivity contribution < 1.29 is 26.4 Å². The molecule has 0 radical (unpaired) electrons. The van der Waals surface area contributed by atoms with E-state index in [-0.39, 0.29) is 41.8 Å². The lowest BCUT2D eigenvalue weighted by Gasteiger charge is -2.31. The molecule has 0 unspecified atom stereocenters. The monoisotopic (exact) mass is 644 g/mol. The predicted octanol–water partition coefficient (Wildman–Crippen LogP) is 6.15. The van der Waals surface area contributed by atoms with Gasteiger partial charge in [0.2, 0.25) is 10.0 Å². The molecule has 1 aliphatic rings. The van der Waals surface area contributed by atoms with Crippen molar-refractivity contribution in [3.8, 4) is 11.1 Å². The first kappa shape index (κ1) is 29.0. The van der Waals surface area contributed by atoms with Gasteiger partial charge in [0.15, 0.2) is 23.2 Å². The van der Waals surface area contributed by atoms with Crippen LogP contribution in [0.1, 0.15) is 34.7 Å². The third-order valence-corrected chi connectivity index (χ3v) is 9.64. The zero-order chi connectivity index (χ0) is 29.3. The standard InChI is InChI=1S/C30H24BrF3N2O4S/c31-24-7-5-22(6-8-24)28(37)18-35-17-25(9-10-29(35)38)41(39,40)36-13-11-21(12-14-36)19-1-3-20(4-2-19)23-15-26(32)30(34)27(33)16-23/h1-10,15-17,21H,11-14,18H2. The highest BCUT2D eigenvalue weighted by Crippen LogP contribution is 2.32. The summed E-state index contributed by atoms with van der Waals surface area (Å²) in [5, 5.41) is 0. The van der Waals surface area contributed by atoms with Crippen LogP contribution >= 0.6 is 15.9 Å². The summed E-state index contributed by atoms with van der Waals surface area (Å²) in [5.74, 6) is -4.29. The van der Waals surface area contributed by atoms with E-state index in [1.807, 2.05) is 12.1 Å². The van der Waals surface area contributed by atoms with E-state index in [2.05, 4.69) is 15.9 Å². The fourth-order valence-corrected chi connectivity index (χ4v) is 6.67. The number of nitrogens with zero attached hydrogens (tertiary/aromatic N) is 2. The Hall–Kier alpha value is -3.54. The maximum absolute atomic E-state index is 13.6. The third kappa shape index (κ3) is 6.22. The number of aromatic nitrogens is 1. The Morgan fingerprint density at radius 3 is 2.07 bits per heavy atom. The summed E-state index contributed by atoms with van der Waals surface area (Å²) in [6.07, 6.45) is 2.29. The van der Waals surface area contributed by atoms with Gasteiger partial charge in [0.05, 0.1) is 11.4 Å². The number of pyridine rings is 1. The SMILES string of the molecule is O=C(Cn1cc(S(=O)(=O)N2CCC(c3ccc(-c4cc(F)c(F)c(F)c4)cc3)CC2)ccc1=O)c1ccc(Br)cc1.